The van der Waals surface area contributed by atoms with E-state index in [1.165, 1.54) is 17.5 Å². The Morgan fingerprint density at radius 3 is 2.38 bits per heavy atom. The van der Waals surface area contributed by atoms with Crippen LogP contribution >= 0.6 is 0 Å². The van der Waals surface area contributed by atoms with Crippen LogP contribution in [0.5, 0.6) is 0 Å². The van der Waals surface area contributed by atoms with Gasteiger partial charge in [0.1, 0.15) is 0 Å². The van der Waals surface area contributed by atoms with Crippen LogP contribution in [0.4, 0.5) is 0 Å². The monoisotopic (exact) mass is 291 g/mol. The zero-order valence-corrected chi connectivity index (χ0v) is 14.5. The van der Waals surface area contributed by atoms with Gasteiger partial charge in [0.15, 0.2) is 0 Å². The molecule has 2 N–H and O–H groups in total. The first-order valence-electron chi connectivity index (χ1n) is 8.20. The van der Waals surface area contributed by atoms with Crippen molar-refractivity contribution in [3.8, 4) is 0 Å². The molecule has 0 aliphatic rings. The molecular formula is C18H33N3. The average molecular weight is 291 g/mol. The first-order valence-corrected chi connectivity index (χ1v) is 8.20. The van der Waals surface area contributed by atoms with Crippen molar-refractivity contribution < 1.29 is 0 Å². The molecule has 0 aliphatic carbocycles. The Labute approximate surface area is 131 Å². The molecule has 0 saturated carbocycles. The molecule has 3 nitrogen and oxygen atoms in total. The van der Waals surface area contributed by atoms with Gasteiger partial charge >= 0.3 is 0 Å². The van der Waals surface area contributed by atoms with Crippen molar-refractivity contribution in [3.63, 3.8) is 0 Å². The molecule has 0 heterocycles. The van der Waals surface area contributed by atoms with E-state index in [4.69, 9.17) is 5.73 Å². The van der Waals surface area contributed by atoms with Gasteiger partial charge in [0.2, 0.25) is 0 Å². The van der Waals surface area contributed by atoms with Gasteiger partial charge in [-0.15, -0.1) is 0 Å². The van der Waals surface area contributed by atoms with Crippen molar-refractivity contribution in [1.29, 1.82) is 0 Å². The maximum atomic E-state index is 6.46. The molecule has 1 rings (SSSR count). The molecule has 120 valence electrons. The molecule has 0 aliphatic heterocycles. The third-order valence-electron chi connectivity index (χ3n) is 4.11. The summed E-state index contributed by atoms with van der Waals surface area (Å²) >= 11 is 0. The fourth-order valence-electron chi connectivity index (χ4n) is 2.89. The van der Waals surface area contributed by atoms with E-state index in [1.807, 2.05) is 0 Å². The molecule has 0 spiro atoms. The topological polar surface area (TPSA) is 32.5 Å². The van der Waals surface area contributed by atoms with Gasteiger partial charge in [-0.25, -0.2) is 0 Å². The molecule has 1 aromatic rings. The van der Waals surface area contributed by atoms with E-state index in [-0.39, 0.29) is 6.04 Å². The number of nitrogens with two attached hydrogens (primary N) is 1. The third kappa shape index (κ3) is 5.77. The van der Waals surface area contributed by atoms with E-state index in [2.05, 4.69) is 68.9 Å². The van der Waals surface area contributed by atoms with E-state index in [1.54, 1.807) is 0 Å². The largest absolute Gasteiger partial charge is 0.326 e. The Hall–Kier alpha value is -0.900. The van der Waals surface area contributed by atoms with Crippen molar-refractivity contribution in [2.75, 3.05) is 33.7 Å². The van der Waals surface area contributed by atoms with Gasteiger partial charge in [-0.05, 0) is 52.5 Å². The SMILES string of the molecule is CCC(N)C(c1cccc(C)c1)N(CC)CCCN(C)C. The van der Waals surface area contributed by atoms with Crippen LogP contribution in [0.1, 0.15) is 43.9 Å². The molecule has 0 saturated heterocycles. The summed E-state index contributed by atoms with van der Waals surface area (Å²) < 4.78 is 0. The van der Waals surface area contributed by atoms with Gasteiger partial charge in [-0.1, -0.05) is 43.7 Å². The van der Waals surface area contributed by atoms with Crippen LogP contribution in [0.2, 0.25) is 0 Å². The lowest BCUT2D eigenvalue weighted by molar-refractivity contribution is 0.170. The quantitative estimate of drug-likeness (QED) is 0.759. The molecule has 1 aromatic carbocycles. The molecule has 2 atom stereocenters. The van der Waals surface area contributed by atoms with Gasteiger partial charge in [-0.3, -0.25) is 4.90 Å². The summed E-state index contributed by atoms with van der Waals surface area (Å²) in [5.41, 5.74) is 9.12. The summed E-state index contributed by atoms with van der Waals surface area (Å²) in [6.45, 7) is 9.83. The molecular weight excluding hydrogens is 258 g/mol. The Bertz CT molecular complexity index is 403. The number of benzene rings is 1. The highest BCUT2D eigenvalue weighted by Crippen LogP contribution is 2.26. The number of hydrogen-bond donors (Lipinski definition) is 1. The van der Waals surface area contributed by atoms with Crippen LogP contribution in [0.15, 0.2) is 24.3 Å². The summed E-state index contributed by atoms with van der Waals surface area (Å²) in [6, 6.07) is 9.32. The van der Waals surface area contributed by atoms with Gasteiger partial charge in [0, 0.05) is 18.6 Å². The van der Waals surface area contributed by atoms with E-state index < -0.39 is 0 Å². The summed E-state index contributed by atoms with van der Waals surface area (Å²) in [7, 11) is 4.26. The molecule has 0 bridgehead atoms. The Kier molecular flexibility index (Phi) is 7.94. The number of rotatable bonds is 9. The van der Waals surface area contributed by atoms with Crippen LogP contribution in [0.3, 0.4) is 0 Å². The fourth-order valence-corrected chi connectivity index (χ4v) is 2.89. The first-order chi connectivity index (χ1) is 9.99. The molecule has 0 radical (unpaired) electrons. The highest BCUT2D eigenvalue weighted by molar-refractivity contribution is 5.26. The van der Waals surface area contributed by atoms with E-state index >= 15 is 0 Å². The minimum absolute atomic E-state index is 0.186. The van der Waals surface area contributed by atoms with Crippen LogP contribution in [0.25, 0.3) is 0 Å². The second-order valence-electron chi connectivity index (χ2n) is 6.22. The zero-order chi connectivity index (χ0) is 15.8. The van der Waals surface area contributed by atoms with Crippen molar-refractivity contribution >= 4 is 0 Å². The number of hydrogen-bond acceptors (Lipinski definition) is 3. The van der Waals surface area contributed by atoms with Gasteiger partial charge in [-0.2, -0.15) is 0 Å². The van der Waals surface area contributed by atoms with E-state index in [9.17, 15) is 0 Å². The maximum absolute atomic E-state index is 6.46. The molecule has 21 heavy (non-hydrogen) atoms. The van der Waals surface area contributed by atoms with Gasteiger partial charge < -0.3 is 10.6 Å². The molecule has 0 aromatic heterocycles. The van der Waals surface area contributed by atoms with Gasteiger partial charge in [0.25, 0.3) is 0 Å². The normalized spacial score (nSPS) is 14.7. The average Bonchev–Trinajstić information content (AvgIpc) is 2.45. The first kappa shape index (κ1) is 18.1. The smallest absolute Gasteiger partial charge is 0.0499 e. The maximum Gasteiger partial charge on any atom is 0.0499 e. The molecule has 0 fully saturated rings. The highest BCUT2D eigenvalue weighted by atomic mass is 15.2. The number of likely N-dealkylation sites (N-methyl/N-ethyl adjacent to an activating group) is 1. The Balaban J connectivity index is 2.88. The van der Waals surface area contributed by atoms with Crippen molar-refractivity contribution in [2.24, 2.45) is 5.73 Å². The Morgan fingerprint density at radius 1 is 1.14 bits per heavy atom. The summed E-state index contributed by atoms with van der Waals surface area (Å²) in [5.74, 6) is 0. The van der Waals surface area contributed by atoms with Crippen LogP contribution in [-0.2, 0) is 0 Å². The summed E-state index contributed by atoms with van der Waals surface area (Å²) in [4.78, 5) is 4.78. The summed E-state index contributed by atoms with van der Waals surface area (Å²) in [5, 5.41) is 0. The number of nitrogens with zero attached hydrogens (tertiary/aromatic N) is 2. The lowest BCUT2D eigenvalue weighted by atomic mass is 9.95. The Morgan fingerprint density at radius 2 is 1.86 bits per heavy atom. The van der Waals surface area contributed by atoms with Crippen LogP contribution in [-0.4, -0.2) is 49.6 Å². The van der Waals surface area contributed by atoms with Crippen molar-refractivity contribution in [3.05, 3.63) is 35.4 Å². The van der Waals surface area contributed by atoms with Crippen molar-refractivity contribution in [1.82, 2.24) is 9.80 Å². The van der Waals surface area contributed by atoms with Crippen LogP contribution < -0.4 is 5.73 Å². The van der Waals surface area contributed by atoms with E-state index in [0.717, 1.165) is 26.1 Å². The predicted molar refractivity (Wildman–Crippen MR) is 92.6 cm³/mol. The zero-order valence-electron chi connectivity index (χ0n) is 14.5. The predicted octanol–water partition coefficient (Wildman–Crippen LogP) is 3.05. The third-order valence-corrected chi connectivity index (χ3v) is 4.11. The fraction of sp³-hybridized carbons (Fsp3) is 0.667. The van der Waals surface area contributed by atoms with Crippen molar-refractivity contribution in [2.45, 2.75) is 45.7 Å². The lowest BCUT2D eigenvalue weighted by Gasteiger charge is -2.35. The van der Waals surface area contributed by atoms with Gasteiger partial charge in [0.05, 0.1) is 0 Å². The minimum Gasteiger partial charge on any atom is -0.326 e. The standard InChI is InChI=1S/C18H33N3/c1-6-17(19)18(16-11-8-10-15(3)14-16)21(7-2)13-9-12-20(4)5/h8,10-11,14,17-18H,6-7,9,12-13,19H2,1-5H3. The molecule has 3 heteroatoms. The second-order valence-corrected chi connectivity index (χ2v) is 6.22. The minimum atomic E-state index is 0.186. The highest BCUT2D eigenvalue weighted by Gasteiger charge is 2.24. The lowest BCUT2D eigenvalue weighted by Crippen LogP contribution is -2.41. The van der Waals surface area contributed by atoms with Crippen LogP contribution in [0, 0.1) is 6.92 Å². The second kappa shape index (κ2) is 9.19. The number of aryl methyl sites for hydroxylation is 1. The molecule has 0 amide bonds. The van der Waals surface area contributed by atoms with E-state index in [0.29, 0.717) is 6.04 Å². The summed E-state index contributed by atoms with van der Waals surface area (Å²) in [6.07, 6.45) is 2.18. The molecule has 2 unspecified atom stereocenters.